The molecule has 0 N–H and O–H groups in total. The molecular weight excluding hydrogens is 160 g/mol. The molecule has 0 unspecified atom stereocenters. The molecule has 0 amide bonds. The molecule has 1 nitrogen and oxygen atoms in total. The zero-order valence-electron chi connectivity index (χ0n) is 8.97. The minimum Gasteiger partial charge on any atom is -0.494 e. The molecule has 1 saturated heterocycles. The lowest BCUT2D eigenvalue weighted by Crippen LogP contribution is -2.31. The van der Waals surface area contributed by atoms with Crippen molar-refractivity contribution in [1.29, 1.82) is 0 Å². The first-order chi connectivity index (χ1) is 6.01. The van der Waals surface area contributed by atoms with E-state index in [1.54, 1.807) is 0 Å². The van der Waals surface area contributed by atoms with Crippen molar-refractivity contribution in [2.75, 3.05) is 0 Å². The summed E-state index contributed by atoms with van der Waals surface area (Å²) in [6.07, 6.45) is 4.37. The summed E-state index contributed by atoms with van der Waals surface area (Å²) in [5.74, 6) is 2.57. The molecule has 0 radical (unpaired) electrons. The Balaban J connectivity index is 2.18. The zero-order chi connectivity index (χ0) is 9.64. The Kier molecular flexibility index (Phi) is 1.94. The molecule has 1 aliphatic carbocycles. The van der Waals surface area contributed by atoms with E-state index in [9.17, 15) is 0 Å². The van der Waals surface area contributed by atoms with E-state index in [1.807, 2.05) is 0 Å². The number of fused-ring (bicyclic) bond motifs is 1. The molecule has 2 rings (SSSR count). The Morgan fingerprint density at radius 1 is 1.38 bits per heavy atom. The van der Waals surface area contributed by atoms with Crippen LogP contribution in [0.4, 0.5) is 0 Å². The number of rotatable bonds is 0. The molecule has 0 aromatic carbocycles. The Labute approximate surface area is 81.2 Å². The topological polar surface area (TPSA) is 9.23 Å². The third-order valence-corrected chi connectivity index (χ3v) is 3.99. The molecule has 13 heavy (non-hydrogen) atoms. The van der Waals surface area contributed by atoms with Gasteiger partial charge in [-0.15, -0.1) is 0 Å². The maximum atomic E-state index is 5.86. The van der Waals surface area contributed by atoms with Crippen LogP contribution >= 0.6 is 0 Å². The lowest BCUT2D eigenvalue weighted by atomic mass is 9.69. The monoisotopic (exact) mass is 180 g/mol. The molecule has 1 saturated carbocycles. The van der Waals surface area contributed by atoms with Gasteiger partial charge in [0.05, 0.1) is 5.76 Å². The second-order valence-corrected chi connectivity index (χ2v) is 5.33. The normalized spacial score (nSPS) is 42.7. The lowest BCUT2D eigenvalue weighted by molar-refractivity contribution is 0.0707. The molecule has 0 aromatic heterocycles. The summed E-state index contributed by atoms with van der Waals surface area (Å²) in [7, 11) is 0. The summed E-state index contributed by atoms with van der Waals surface area (Å²) in [6.45, 7) is 10.9. The number of allylic oxidation sites excluding steroid dienone is 1. The largest absolute Gasteiger partial charge is 0.494 e. The van der Waals surface area contributed by atoms with E-state index in [2.05, 4.69) is 27.4 Å². The van der Waals surface area contributed by atoms with Crippen LogP contribution in [-0.2, 0) is 4.74 Å². The Morgan fingerprint density at radius 3 is 2.77 bits per heavy atom. The van der Waals surface area contributed by atoms with Crippen LogP contribution in [0.5, 0.6) is 0 Å². The average Bonchev–Trinajstić information content (AvgIpc) is 2.23. The number of hydrogen-bond acceptors (Lipinski definition) is 1. The fraction of sp³-hybridized carbons (Fsp3) is 0.833. The van der Waals surface area contributed by atoms with E-state index in [0.29, 0.717) is 6.10 Å². The fourth-order valence-corrected chi connectivity index (χ4v) is 2.83. The Hall–Kier alpha value is -0.460. The van der Waals surface area contributed by atoms with Crippen molar-refractivity contribution < 1.29 is 4.74 Å². The van der Waals surface area contributed by atoms with E-state index < -0.39 is 0 Å². The molecule has 1 aliphatic heterocycles. The molecule has 1 heterocycles. The summed E-state index contributed by atoms with van der Waals surface area (Å²) >= 11 is 0. The van der Waals surface area contributed by atoms with Crippen LogP contribution in [0.2, 0.25) is 0 Å². The maximum Gasteiger partial charge on any atom is 0.102 e. The quantitative estimate of drug-likeness (QED) is 0.555. The van der Waals surface area contributed by atoms with Crippen LogP contribution in [-0.4, -0.2) is 6.10 Å². The van der Waals surface area contributed by atoms with Crippen LogP contribution in [0, 0.1) is 17.3 Å². The summed E-state index contributed by atoms with van der Waals surface area (Å²) in [6, 6.07) is 0. The van der Waals surface area contributed by atoms with Crippen molar-refractivity contribution in [1.82, 2.24) is 0 Å². The second kappa shape index (κ2) is 2.76. The van der Waals surface area contributed by atoms with Gasteiger partial charge in [0, 0.05) is 11.3 Å². The van der Waals surface area contributed by atoms with Gasteiger partial charge in [-0.05, 0) is 18.8 Å². The van der Waals surface area contributed by atoms with Crippen molar-refractivity contribution in [3.8, 4) is 0 Å². The van der Waals surface area contributed by atoms with Crippen molar-refractivity contribution >= 4 is 0 Å². The molecule has 0 aromatic rings. The third kappa shape index (κ3) is 1.29. The summed E-state index contributed by atoms with van der Waals surface area (Å²) in [5.41, 5.74) is 0.213. The highest BCUT2D eigenvalue weighted by atomic mass is 16.5. The fourth-order valence-electron chi connectivity index (χ4n) is 2.83. The standard InChI is InChI=1S/C12H20O/c1-8-5-6-10-11(7-8)13-9(2)12(10,3)4/h8,10-11H,2,5-7H2,1,3-4H3/t8-,10-,11-/m1/s1. The van der Waals surface area contributed by atoms with Gasteiger partial charge in [-0.25, -0.2) is 0 Å². The first kappa shape index (κ1) is 9.11. The van der Waals surface area contributed by atoms with Crippen LogP contribution in [0.15, 0.2) is 12.3 Å². The average molecular weight is 180 g/mol. The molecule has 3 atom stereocenters. The van der Waals surface area contributed by atoms with Crippen LogP contribution < -0.4 is 0 Å². The van der Waals surface area contributed by atoms with Gasteiger partial charge in [-0.1, -0.05) is 33.8 Å². The van der Waals surface area contributed by atoms with Crippen molar-refractivity contribution in [3.63, 3.8) is 0 Å². The van der Waals surface area contributed by atoms with Crippen molar-refractivity contribution in [2.24, 2.45) is 17.3 Å². The Bertz CT molecular complexity index is 229. The number of hydrogen-bond donors (Lipinski definition) is 0. The van der Waals surface area contributed by atoms with Crippen molar-refractivity contribution in [3.05, 3.63) is 12.3 Å². The molecule has 74 valence electrons. The molecular formula is C12H20O. The van der Waals surface area contributed by atoms with Crippen LogP contribution in [0.1, 0.15) is 40.0 Å². The Morgan fingerprint density at radius 2 is 2.08 bits per heavy atom. The lowest BCUT2D eigenvalue weighted by Gasteiger charge is -2.33. The van der Waals surface area contributed by atoms with Gasteiger partial charge in [-0.2, -0.15) is 0 Å². The SMILES string of the molecule is C=C1O[C@@H]2C[C@H](C)CC[C@H]2C1(C)C. The van der Waals surface area contributed by atoms with Gasteiger partial charge >= 0.3 is 0 Å². The molecule has 0 spiro atoms. The van der Waals surface area contributed by atoms with Gasteiger partial charge in [0.1, 0.15) is 6.10 Å². The molecule has 2 aliphatic rings. The minimum absolute atomic E-state index is 0.213. The van der Waals surface area contributed by atoms with Crippen LogP contribution in [0.25, 0.3) is 0 Å². The molecule has 2 fully saturated rings. The molecule has 1 heteroatoms. The smallest absolute Gasteiger partial charge is 0.102 e. The van der Waals surface area contributed by atoms with Gasteiger partial charge < -0.3 is 4.74 Å². The van der Waals surface area contributed by atoms with E-state index in [1.165, 1.54) is 19.3 Å². The minimum atomic E-state index is 0.213. The predicted octanol–water partition coefficient (Wildman–Crippen LogP) is 3.36. The van der Waals surface area contributed by atoms with Gasteiger partial charge in [0.15, 0.2) is 0 Å². The number of ether oxygens (including phenoxy) is 1. The van der Waals surface area contributed by atoms with Crippen LogP contribution in [0.3, 0.4) is 0 Å². The van der Waals surface area contributed by atoms with Gasteiger partial charge in [0.25, 0.3) is 0 Å². The predicted molar refractivity (Wildman–Crippen MR) is 54.3 cm³/mol. The van der Waals surface area contributed by atoms with E-state index in [0.717, 1.165) is 17.6 Å². The first-order valence-electron chi connectivity index (χ1n) is 5.38. The van der Waals surface area contributed by atoms with E-state index in [4.69, 9.17) is 4.74 Å². The highest BCUT2D eigenvalue weighted by Gasteiger charge is 2.48. The summed E-state index contributed by atoms with van der Waals surface area (Å²) in [4.78, 5) is 0. The first-order valence-corrected chi connectivity index (χ1v) is 5.38. The van der Waals surface area contributed by atoms with Gasteiger partial charge in [-0.3, -0.25) is 0 Å². The van der Waals surface area contributed by atoms with E-state index >= 15 is 0 Å². The second-order valence-electron chi connectivity index (χ2n) is 5.33. The molecule has 0 bridgehead atoms. The summed E-state index contributed by atoms with van der Waals surface area (Å²) in [5, 5.41) is 0. The zero-order valence-corrected chi connectivity index (χ0v) is 8.97. The third-order valence-electron chi connectivity index (χ3n) is 3.99. The summed E-state index contributed by atoms with van der Waals surface area (Å²) < 4.78 is 5.86. The van der Waals surface area contributed by atoms with Crippen molar-refractivity contribution in [2.45, 2.75) is 46.1 Å². The van der Waals surface area contributed by atoms with Gasteiger partial charge in [0.2, 0.25) is 0 Å². The van der Waals surface area contributed by atoms with E-state index in [-0.39, 0.29) is 5.41 Å². The highest BCUT2D eigenvalue weighted by molar-refractivity contribution is 5.11. The highest BCUT2D eigenvalue weighted by Crippen LogP contribution is 2.51. The maximum absolute atomic E-state index is 5.86.